The summed E-state index contributed by atoms with van der Waals surface area (Å²) >= 11 is 3.22. The van der Waals surface area contributed by atoms with Crippen molar-refractivity contribution in [2.75, 3.05) is 5.73 Å². The van der Waals surface area contributed by atoms with Crippen molar-refractivity contribution in [2.24, 2.45) is 0 Å². The molecule has 0 aliphatic heterocycles. The van der Waals surface area contributed by atoms with Crippen LogP contribution in [0.1, 0.15) is 18.1 Å². The van der Waals surface area contributed by atoms with Crippen LogP contribution in [0.2, 0.25) is 0 Å². The van der Waals surface area contributed by atoms with Gasteiger partial charge in [0.15, 0.2) is 0 Å². The first-order valence-corrected chi connectivity index (χ1v) is 8.73. The molecule has 0 aliphatic carbocycles. The number of nitrogens with two attached hydrogens (primary N) is 1. The summed E-state index contributed by atoms with van der Waals surface area (Å²) in [5.74, 6) is -1.14. The summed E-state index contributed by atoms with van der Waals surface area (Å²) in [6.07, 6.45) is 0.142. The van der Waals surface area contributed by atoms with E-state index in [0.717, 1.165) is 23.8 Å². The second-order valence-electron chi connectivity index (χ2n) is 5.47. The highest BCUT2D eigenvalue weighted by molar-refractivity contribution is 9.10. The molecule has 0 fully saturated rings. The number of carbonyl (C=O) groups is 1. The number of aromatic nitrogens is 1. The second-order valence-corrected chi connectivity index (χ2v) is 6.22. The number of halogens is 4. The Morgan fingerprint density at radius 3 is 2.30 bits per heavy atom. The third-order valence-corrected chi connectivity index (χ3v) is 3.83. The number of nitrogen functional groups attached to an aromatic ring is 1. The van der Waals surface area contributed by atoms with E-state index in [2.05, 4.69) is 20.9 Å². The first-order chi connectivity index (χ1) is 13.7. The Morgan fingerprint density at radius 2 is 1.73 bits per heavy atom. The van der Waals surface area contributed by atoms with E-state index < -0.39 is 11.8 Å². The van der Waals surface area contributed by atoms with Crippen LogP contribution >= 0.6 is 32.9 Å². The van der Waals surface area contributed by atoms with Crippen molar-refractivity contribution in [1.29, 1.82) is 10.5 Å². The number of hydrogen-bond donors (Lipinski definition) is 2. The standard InChI is InChI=1S/C9H6BrFN2.C9H5FN2.C2H4O2.BrH/c10-9-7-4-6(11)2-1-5(7)3-8(12)13-9;10-9-2-1-7(3-4-11)8(5-9)6-12;1-2(3)4;/h1-4H,(H2,12,13);1-2,5H,3H2;1H3,(H,3,4);1H. The number of anilines is 1. The summed E-state index contributed by atoms with van der Waals surface area (Å²) < 4.78 is 25.9. The minimum Gasteiger partial charge on any atom is -0.481 e. The smallest absolute Gasteiger partial charge is 0.300 e. The van der Waals surface area contributed by atoms with E-state index in [1.165, 1.54) is 24.3 Å². The molecule has 10 heteroatoms. The largest absolute Gasteiger partial charge is 0.481 e. The van der Waals surface area contributed by atoms with Crippen LogP contribution in [0.25, 0.3) is 10.8 Å². The van der Waals surface area contributed by atoms with Gasteiger partial charge in [-0.2, -0.15) is 10.5 Å². The summed E-state index contributed by atoms with van der Waals surface area (Å²) in [4.78, 5) is 13.0. The molecule has 0 amide bonds. The Bertz CT molecular complexity index is 1110. The summed E-state index contributed by atoms with van der Waals surface area (Å²) in [6.45, 7) is 1.08. The lowest BCUT2D eigenvalue weighted by Gasteiger charge is -2.01. The molecule has 1 aromatic heterocycles. The summed E-state index contributed by atoms with van der Waals surface area (Å²) in [6, 6.07) is 13.8. The van der Waals surface area contributed by atoms with Crippen molar-refractivity contribution in [3.05, 3.63) is 69.8 Å². The van der Waals surface area contributed by atoms with Crippen molar-refractivity contribution >= 4 is 55.5 Å². The van der Waals surface area contributed by atoms with Gasteiger partial charge in [-0.25, -0.2) is 13.8 Å². The average molecular weight is 542 g/mol. The molecule has 0 spiro atoms. The van der Waals surface area contributed by atoms with Crippen molar-refractivity contribution in [3.63, 3.8) is 0 Å². The average Bonchev–Trinajstić information content (AvgIpc) is 2.64. The van der Waals surface area contributed by atoms with Crippen LogP contribution in [0.4, 0.5) is 14.6 Å². The van der Waals surface area contributed by atoms with E-state index in [0.29, 0.717) is 16.0 Å². The van der Waals surface area contributed by atoms with Gasteiger partial charge in [-0.3, -0.25) is 4.79 Å². The SMILES string of the molecule is Br.CC(=O)O.N#CCc1ccc(F)cc1C#N.Nc1cc2ccc(F)cc2c(Br)n1. The van der Waals surface area contributed by atoms with E-state index in [4.69, 9.17) is 26.2 Å². The molecule has 156 valence electrons. The zero-order valence-corrected chi connectivity index (χ0v) is 18.9. The van der Waals surface area contributed by atoms with Crippen LogP contribution in [-0.2, 0) is 11.2 Å². The first-order valence-electron chi connectivity index (χ1n) is 7.94. The maximum absolute atomic E-state index is 12.8. The predicted molar refractivity (Wildman–Crippen MR) is 118 cm³/mol. The third kappa shape index (κ3) is 8.95. The number of hydrogen-bond acceptors (Lipinski definition) is 5. The number of aliphatic carboxylic acids is 1. The maximum atomic E-state index is 12.8. The number of carboxylic acids is 1. The summed E-state index contributed by atoms with van der Waals surface area (Å²) in [7, 11) is 0. The number of fused-ring (bicyclic) bond motifs is 1. The van der Waals surface area contributed by atoms with E-state index in [-0.39, 0.29) is 34.8 Å². The van der Waals surface area contributed by atoms with Crippen LogP contribution in [0.15, 0.2) is 47.1 Å². The Kier molecular flexibility index (Phi) is 11.8. The van der Waals surface area contributed by atoms with Crippen molar-refractivity contribution in [2.45, 2.75) is 13.3 Å². The van der Waals surface area contributed by atoms with E-state index in [9.17, 15) is 8.78 Å². The molecule has 0 radical (unpaired) electrons. The molecule has 3 aromatic rings. The number of nitrogens with zero attached hydrogens (tertiary/aromatic N) is 3. The lowest BCUT2D eigenvalue weighted by Crippen LogP contribution is -1.91. The zero-order valence-electron chi connectivity index (χ0n) is 15.6. The van der Waals surface area contributed by atoms with Crippen molar-refractivity contribution < 1.29 is 18.7 Å². The minimum absolute atomic E-state index is 0. The van der Waals surface area contributed by atoms with Gasteiger partial charge < -0.3 is 10.8 Å². The van der Waals surface area contributed by atoms with Gasteiger partial charge in [0, 0.05) is 12.3 Å². The molecule has 0 saturated carbocycles. The molecular weight excluding hydrogens is 526 g/mol. The minimum atomic E-state index is -0.833. The van der Waals surface area contributed by atoms with Gasteiger partial charge in [0.1, 0.15) is 22.1 Å². The summed E-state index contributed by atoms with van der Waals surface area (Å²) in [5.41, 5.74) is 6.33. The molecular formula is C20H16Br2F2N4O2. The molecule has 0 saturated heterocycles. The fourth-order valence-electron chi connectivity index (χ4n) is 2.09. The summed E-state index contributed by atoms with van der Waals surface area (Å²) in [5, 5.41) is 25.9. The molecule has 30 heavy (non-hydrogen) atoms. The van der Waals surface area contributed by atoms with Crippen LogP contribution in [0, 0.1) is 34.3 Å². The Labute approximate surface area is 190 Å². The molecule has 0 bridgehead atoms. The van der Waals surface area contributed by atoms with Gasteiger partial charge in [0.2, 0.25) is 0 Å². The zero-order chi connectivity index (χ0) is 22.0. The molecule has 3 N–H and O–H groups in total. The lowest BCUT2D eigenvalue weighted by atomic mass is 10.1. The van der Waals surface area contributed by atoms with Crippen LogP contribution < -0.4 is 5.73 Å². The fraction of sp³-hybridized carbons (Fsp3) is 0.100. The number of nitriles is 2. The maximum Gasteiger partial charge on any atom is 0.300 e. The number of pyridine rings is 1. The van der Waals surface area contributed by atoms with Gasteiger partial charge in [-0.15, -0.1) is 17.0 Å². The Hall–Kier alpha value is -3.08. The van der Waals surface area contributed by atoms with E-state index in [1.54, 1.807) is 12.1 Å². The first kappa shape index (κ1) is 26.9. The monoisotopic (exact) mass is 540 g/mol. The third-order valence-electron chi connectivity index (χ3n) is 3.23. The molecule has 0 aliphatic rings. The lowest BCUT2D eigenvalue weighted by molar-refractivity contribution is -0.134. The van der Waals surface area contributed by atoms with Crippen molar-refractivity contribution in [1.82, 2.24) is 4.98 Å². The highest BCUT2D eigenvalue weighted by Gasteiger charge is 2.03. The highest BCUT2D eigenvalue weighted by atomic mass is 79.9. The highest BCUT2D eigenvalue weighted by Crippen LogP contribution is 2.24. The number of rotatable bonds is 1. The molecule has 6 nitrogen and oxygen atoms in total. The van der Waals surface area contributed by atoms with Crippen LogP contribution in [0.3, 0.4) is 0 Å². The number of benzene rings is 2. The van der Waals surface area contributed by atoms with E-state index >= 15 is 0 Å². The molecule has 3 rings (SSSR count). The quantitative estimate of drug-likeness (QED) is 0.410. The normalized spacial score (nSPS) is 8.87. The molecule has 1 heterocycles. The van der Waals surface area contributed by atoms with Gasteiger partial charge in [-0.1, -0.05) is 12.1 Å². The Balaban J connectivity index is 0.000000466. The topological polar surface area (TPSA) is 124 Å². The molecule has 2 aromatic carbocycles. The van der Waals surface area contributed by atoms with Crippen LogP contribution in [-0.4, -0.2) is 16.1 Å². The van der Waals surface area contributed by atoms with E-state index in [1.807, 2.05) is 12.1 Å². The van der Waals surface area contributed by atoms with Gasteiger partial charge in [0.25, 0.3) is 5.97 Å². The molecule has 0 atom stereocenters. The van der Waals surface area contributed by atoms with Crippen LogP contribution in [0.5, 0.6) is 0 Å². The molecule has 0 unspecified atom stereocenters. The second kappa shape index (κ2) is 13.2. The van der Waals surface area contributed by atoms with Gasteiger partial charge in [0.05, 0.1) is 24.1 Å². The van der Waals surface area contributed by atoms with Gasteiger partial charge in [-0.05, 0) is 57.2 Å². The predicted octanol–water partition coefficient (Wildman–Crippen LogP) is 5.15. The fourth-order valence-corrected chi connectivity index (χ4v) is 2.64. The Morgan fingerprint density at radius 1 is 1.17 bits per heavy atom. The van der Waals surface area contributed by atoms with Gasteiger partial charge >= 0.3 is 0 Å². The van der Waals surface area contributed by atoms with Crippen molar-refractivity contribution in [3.8, 4) is 12.1 Å². The number of carboxylic acid groups (broad SMARTS) is 1.